The van der Waals surface area contributed by atoms with Gasteiger partial charge in [0.1, 0.15) is 0 Å². The van der Waals surface area contributed by atoms with Crippen LogP contribution in [0.5, 0.6) is 0 Å². The van der Waals surface area contributed by atoms with Crippen LogP contribution in [0.4, 0.5) is 0 Å². The van der Waals surface area contributed by atoms with Gasteiger partial charge in [-0.15, -0.1) is 0 Å². The van der Waals surface area contributed by atoms with Crippen molar-refractivity contribution in [2.45, 2.75) is 38.4 Å². The Labute approximate surface area is 80.5 Å². The number of unbranched alkanes of at least 4 members (excludes halogenated alkanes) is 1. The number of hydrogen-bond acceptors (Lipinski definition) is 3. The predicted octanol–water partition coefficient (Wildman–Crippen LogP) is 1.04. The molecule has 13 heavy (non-hydrogen) atoms. The summed E-state index contributed by atoms with van der Waals surface area (Å²) in [4.78, 5) is 0. The highest BCUT2D eigenvalue weighted by Gasteiger charge is 2.19. The van der Waals surface area contributed by atoms with Crippen molar-refractivity contribution in [2.24, 2.45) is 0 Å². The number of rotatable bonds is 7. The average Bonchev–Trinajstić information content (AvgIpc) is 2.02. The van der Waals surface area contributed by atoms with Crippen molar-refractivity contribution >= 4 is 10.1 Å². The fourth-order valence-electron chi connectivity index (χ4n) is 1.03. The molecule has 0 saturated heterocycles. The van der Waals surface area contributed by atoms with E-state index in [4.69, 9.17) is 4.55 Å². The molecule has 0 fully saturated rings. The smallest absolute Gasteiger partial charge is 0.269 e. The van der Waals surface area contributed by atoms with Crippen LogP contribution in [0.1, 0.15) is 33.1 Å². The fourth-order valence-corrected chi connectivity index (χ4v) is 1.77. The van der Waals surface area contributed by atoms with Gasteiger partial charge >= 0.3 is 0 Å². The molecule has 0 radical (unpaired) electrons. The van der Waals surface area contributed by atoms with Crippen LogP contribution in [0.3, 0.4) is 0 Å². The number of nitrogens with one attached hydrogen (secondary N) is 1. The summed E-state index contributed by atoms with van der Waals surface area (Å²) in [5.74, 6) is 0. The van der Waals surface area contributed by atoms with E-state index in [0.717, 1.165) is 19.4 Å². The van der Waals surface area contributed by atoms with Crippen LogP contribution in [-0.4, -0.2) is 31.3 Å². The molecule has 5 heteroatoms. The maximum Gasteiger partial charge on any atom is 0.269 e. The standard InChI is InChI=1S/C8H19NO3S/c1-3-5-6-9-7-8(4-2)13(10,11)12/h8-9H,3-7H2,1-2H3,(H,10,11,12). The second kappa shape index (κ2) is 6.34. The lowest BCUT2D eigenvalue weighted by Crippen LogP contribution is -2.33. The zero-order valence-corrected chi connectivity index (χ0v) is 9.10. The Bertz CT molecular complexity index is 213. The van der Waals surface area contributed by atoms with Gasteiger partial charge in [-0.2, -0.15) is 8.42 Å². The lowest BCUT2D eigenvalue weighted by atomic mass is 10.3. The van der Waals surface area contributed by atoms with Crippen LogP contribution in [0.2, 0.25) is 0 Å². The molecule has 0 heterocycles. The summed E-state index contributed by atoms with van der Waals surface area (Å²) in [6.45, 7) is 4.97. The fraction of sp³-hybridized carbons (Fsp3) is 1.00. The van der Waals surface area contributed by atoms with Crippen molar-refractivity contribution in [3.8, 4) is 0 Å². The summed E-state index contributed by atoms with van der Waals surface area (Å²) in [6, 6.07) is 0. The minimum absolute atomic E-state index is 0.343. The van der Waals surface area contributed by atoms with Crippen molar-refractivity contribution < 1.29 is 13.0 Å². The maximum absolute atomic E-state index is 10.7. The van der Waals surface area contributed by atoms with Gasteiger partial charge in [0, 0.05) is 6.54 Å². The zero-order chi connectivity index (χ0) is 10.3. The Morgan fingerprint density at radius 1 is 1.38 bits per heavy atom. The van der Waals surface area contributed by atoms with E-state index in [-0.39, 0.29) is 0 Å². The highest BCUT2D eigenvalue weighted by atomic mass is 32.2. The third-order valence-electron chi connectivity index (χ3n) is 1.96. The van der Waals surface area contributed by atoms with Gasteiger partial charge in [0.2, 0.25) is 0 Å². The van der Waals surface area contributed by atoms with E-state index >= 15 is 0 Å². The van der Waals surface area contributed by atoms with Gasteiger partial charge in [-0.3, -0.25) is 4.55 Å². The molecule has 0 saturated carbocycles. The van der Waals surface area contributed by atoms with Crippen molar-refractivity contribution in [3.05, 3.63) is 0 Å². The van der Waals surface area contributed by atoms with E-state index in [1.165, 1.54) is 0 Å². The third kappa shape index (κ3) is 6.01. The summed E-state index contributed by atoms with van der Waals surface area (Å²) >= 11 is 0. The van der Waals surface area contributed by atoms with Crippen LogP contribution >= 0.6 is 0 Å². The molecule has 0 aliphatic rings. The highest BCUT2D eigenvalue weighted by Crippen LogP contribution is 2.01. The molecule has 4 nitrogen and oxygen atoms in total. The van der Waals surface area contributed by atoms with Crippen molar-refractivity contribution in [1.82, 2.24) is 5.32 Å². The Kier molecular flexibility index (Phi) is 6.28. The number of hydrogen-bond donors (Lipinski definition) is 2. The minimum atomic E-state index is -3.86. The summed E-state index contributed by atoms with van der Waals surface area (Å²) in [7, 11) is -3.86. The van der Waals surface area contributed by atoms with Gasteiger partial charge in [-0.25, -0.2) is 0 Å². The second-order valence-electron chi connectivity index (χ2n) is 3.10. The lowest BCUT2D eigenvalue weighted by Gasteiger charge is -2.11. The Hall–Kier alpha value is -0.130. The van der Waals surface area contributed by atoms with Gasteiger partial charge in [-0.1, -0.05) is 20.3 Å². The van der Waals surface area contributed by atoms with E-state index in [0.29, 0.717) is 13.0 Å². The molecule has 0 rings (SSSR count). The normalized spacial score (nSPS) is 14.4. The predicted molar refractivity (Wildman–Crippen MR) is 53.4 cm³/mol. The van der Waals surface area contributed by atoms with Gasteiger partial charge in [0.25, 0.3) is 10.1 Å². The topological polar surface area (TPSA) is 66.4 Å². The van der Waals surface area contributed by atoms with Gasteiger partial charge < -0.3 is 5.32 Å². The summed E-state index contributed by atoms with van der Waals surface area (Å²) in [5.41, 5.74) is 0. The summed E-state index contributed by atoms with van der Waals surface area (Å²) in [6.07, 6.45) is 2.55. The van der Waals surface area contributed by atoms with Crippen LogP contribution in [0, 0.1) is 0 Å². The van der Waals surface area contributed by atoms with Crippen LogP contribution in [0.25, 0.3) is 0 Å². The van der Waals surface area contributed by atoms with E-state index in [1.54, 1.807) is 6.92 Å². The third-order valence-corrected chi connectivity index (χ3v) is 3.30. The van der Waals surface area contributed by atoms with Gasteiger partial charge in [-0.05, 0) is 19.4 Å². The van der Waals surface area contributed by atoms with Crippen molar-refractivity contribution in [2.75, 3.05) is 13.1 Å². The molecule has 80 valence electrons. The Morgan fingerprint density at radius 3 is 2.38 bits per heavy atom. The van der Waals surface area contributed by atoms with Crippen LogP contribution in [0.15, 0.2) is 0 Å². The monoisotopic (exact) mass is 209 g/mol. The molecule has 0 aromatic rings. The summed E-state index contributed by atoms with van der Waals surface area (Å²) < 4.78 is 30.2. The minimum Gasteiger partial charge on any atom is -0.315 e. The summed E-state index contributed by atoms with van der Waals surface area (Å²) in [5, 5.41) is 2.34. The van der Waals surface area contributed by atoms with E-state index in [1.807, 2.05) is 0 Å². The molecule has 1 atom stereocenters. The maximum atomic E-state index is 10.7. The first-order chi connectivity index (χ1) is 6.02. The average molecular weight is 209 g/mol. The molecule has 1 unspecified atom stereocenters. The SMILES string of the molecule is CCCCNCC(CC)S(=O)(=O)O. The molecule has 0 spiro atoms. The first kappa shape index (κ1) is 12.9. The van der Waals surface area contributed by atoms with Crippen molar-refractivity contribution in [1.29, 1.82) is 0 Å². The van der Waals surface area contributed by atoms with Crippen molar-refractivity contribution in [3.63, 3.8) is 0 Å². The van der Waals surface area contributed by atoms with Gasteiger partial charge in [0.05, 0.1) is 5.25 Å². The van der Waals surface area contributed by atoms with E-state index in [2.05, 4.69) is 12.2 Å². The molecular formula is C8H19NO3S. The lowest BCUT2D eigenvalue weighted by molar-refractivity contribution is 0.457. The van der Waals surface area contributed by atoms with Gasteiger partial charge in [0.15, 0.2) is 0 Å². The molecule has 0 amide bonds. The largest absolute Gasteiger partial charge is 0.315 e. The molecule has 0 aromatic carbocycles. The highest BCUT2D eigenvalue weighted by molar-refractivity contribution is 7.86. The van der Waals surface area contributed by atoms with E-state index < -0.39 is 15.4 Å². The zero-order valence-electron chi connectivity index (χ0n) is 8.28. The Morgan fingerprint density at radius 2 is 2.00 bits per heavy atom. The molecular weight excluding hydrogens is 190 g/mol. The van der Waals surface area contributed by atoms with Crippen LogP contribution in [-0.2, 0) is 10.1 Å². The second-order valence-corrected chi connectivity index (χ2v) is 4.80. The molecule has 0 aromatic heterocycles. The quantitative estimate of drug-likeness (QED) is 0.486. The first-order valence-corrected chi connectivity index (χ1v) is 6.19. The van der Waals surface area contributed by atoms with Crippen LogP contribution < -0.4 is 5.32 Å². The molecule has 0 aliphatic heterocycles. The molecule has 2 N–H and O–H groups in total. The Balaban J connectivity index is 3.74. The molecule has 0 aliphatic carbocycles. The van der Waals surface area contributed by atoms with E-state index in [9.17, 15) is 8.42 Å². The molecule has 0 bridgehead atoms. The first-order valence-electron chi connectivity index (χ1n) is 4.69.